The summed E-state index contributed by atoms with van der Waals surface area (Å²) in [6.45, 7) is 1.60. The van der Waals surface area contributed by atoms with Crippen LogP contribution < -0.4 is 15.4 Å². The van der Waals surface area contributed by atoms with Gasteiger partial charge in [0.25, 0.3) is 0 Å². The summed E-state index contributed by atoms with van der Waals surface area (Å²) in [7, 11) is -1.82. The average molecular weight is 385 g/mol. The Morgan fingerprint density at radius 2 is 1.74 bits per heavy atom. The van der Waals surface area contributed by atoms with Crippen LogP contribution in [0.3, 0.4) is 0 Å². The Morgan fingerprint density at radius 1 is 0.963 bits per heavy atom. The van der Waals surface area contributed by atoms with Crippen molar-refractivity contribution < 1.29 is 13.2 Å². The molecule has 0 saturated carbocycles. The van der Waals surface area contributed by atoms with E-state index in [1.165, 1.54) is 25.6 Å². The van der Waals surface area contributed by atoms with E-state index in [2.05, 4.69) is 25.6 Å². The van der Waals surface area contributed by atoms with Crippen LogP contribution in [0.5, 0.6) is 5.75 Å². The first-order valence-electron chi connectivity index (χ1n) is 8.20. The normalized spacial score (nSPS) is 11.0. The fourth-order valence-electron chi connectivity index (χ4n) is 2.34. The number of benzene rings is 1. The van der Waals surface area contributed by atoms with E-state index in [1.807, 2.05) is 18.2 Å². The van der Waals surface area contributed by atoms with Gasteiger partial charge in [-0.15, -0.1) is 0 Å². The van der Waals surface area contributed by atoms with Crippen molar-refractivity contribution in [1.29, 1.82) is 0 Å². The van der Waals surface area contributed by atoms with Crippen molar-refractivity contribution in [3.05, 3.63) is 55.0 Å². The maximum Gasteiger partial charge on any atom is 0.178 e. The second-order valence-corrected chi connectivity index (χ2v) is 7.80. The smallest absolute Gasteiger partial charge is 0.178 e. The predicted octanol–water partition coefficient (Wildman–Crippen LogP) is 3.16. The molecule has 0 spiro atoms. The zero-order valence-electron chi connectivity index (χ0n) is 14.9. The number of pyridine rings is 1. The lowest BCUT2D eigenvalue weighted by Crippen LogP contribution is -2.05. The number of methoxy groups -OCH3 is 1. The molecule has 2 heterocycles. The van der Waals surface area contributed by atoms with Gasteiger partial charge in [0, 0.05) is 12.3 Å². The fraction of sp³-hybridized carbons (Fsp3) is 0.167. The minimum atomic E-state index is -3.34. The molecule has 0 radical (unpaired) electrons. The van der Waals surface area contributed by atoms with Crippen molar-refractivity contribution in [2.24, 2.45) is 0 Å². The van der Waals surface area contributed by atoms with E-state index >= 15 is 0 Å². The van der Waals surface area contributed by atoms with Crippen molar-refractivity contribution in [3.8, 4) is 5.75 Å². The molecule has 9 heteroatoms. The van der Waals surface area contributed by atoms with E-state index < -0.39 is 9.84 Å². The topological polar surface area (TPSA) is 106 Å². The van der Waals surface area contributed by atoms with Gasteiger partial charge in [-0.1, -0.05) is 13.0 Å². The Kier molecular flexibility index (Phi) is 5.51. The molecule has 0 aliphatic rings. The first-order valence-corrected chi connectivity index (χ1v) is 9.85. The third kappa shape index (κ3) is 4.50. The Morgan fingerprint density at radius 3 is 2.41 bits per heavy atom. The predicted molar refractivity (Wildman–Crippen MR) is 104 cm³/mol. The van der Waals surface area contributed by atoms with Crippen LogP contribution in [0.2, 0.25) is 0 Å². The third-order valence-corrected chi connectivity index (χ3v) is 5.49. The van der Waals surface area contributed by atoms with Crippen molar-refractivity contribution in [2.45, 2.75) is 11.8 Å². The minimum Gasteiger partial charge on any atom is -0.495 e. The second kappa shape index (κ2) is 8.00. The van der Waals surface area contributed by atoms with Crippen LogP contribution in [0, 0.1) is 0 Å². The summed E-state index contributed by atoms with van der Waals surface area (Å²) in [5.41, 5.74) is 0.495. The molecule has 0 aliphatic carbocycles. The van der Waals surface area contributed by atoms with Gasteiger partial charge in [0.05, 0.1) is 23.4 Å². The highest BCUT2D eigenvalue weighted by molar-refractivity contribution is 7.91. The van der Waals surface area contributed by atoms with Crippen LogP contribution >= 0.6 is 0 Å². The molecular weight excluding hydrogens is 366 g/mol. The summed E-state index contributed by atoms with van der Waals surface area (Å²) in [5, 5.41) is 6.16. The van der Waals surface area contributed by atoms with Gasteiger partial charge in [-0.3, -0.25) is 0 Å². The lowest BCUT2D eigenvalue weighted by molar-refractivity contribution is 0.416. The number of sulfone groups is 1. The van der Waals surface area contributed by atoms with Gasteiger partial charge in [0.2, 0.25) is 0 Å². The zero-order valence-corrected chi connectivity index (χ0v) is 15.7. The van der Waals surface area contributed by atoms with Crippen LogP contribution in [-0.2, 0) is 9.84 Å². The second-order valence-electron chi connectivity index (χ2n) is 5.52. The molecule has 2 N–H and O–H groups in total. The molecule has 1 aromatic carbocycles. The van der Waals surface area contributed by atoms with Crippen molar-refractivity contribution >= 4 is 33.0 Å². The largest absolute Gasteiger partial charge is 0.495 e. The molecule has 0 unspecified atom stereocenters. The number of hydrogen-bond acceptors (Lipinski definition) is 8. The van der Waals surface area contributed by atoms with Gasteiger partial charge >= 0.3 is 0 Å². The van der Waals surface area contributed by atoms with Crippen LogP contribution in [0.15, 0.2) is 59.9 Å². The first kappa shape index (κ1) is 18.6. The monoisotopic (exact) mass is 385 g/mol. The molecule has 0 atom stereocenters. The first-order chi connectivity index (χ1) is 13.0. The Labute approximate surface area is 157 Å². The molecule has 0 aliphatic heterocycles. The van der Waals surface area contributed by atoms with E-state index in [4.69, 9.17) is 4.74 Å². The molecule has 27 heavy (non-hydrogen) atoms. The van der Waals surface area contributed by atoms with Crippen molar-refractivity contribution in [2.75, 3.05) is 23.5 Å². The molecule has 0 saturated heterocycles. The van der Waals surface area contributed by atoms with Crippen molar-refractivity contribution in [1.82, 2.24) is 15.0 Å². The molecule has 3 aromatic rings. The van der Waals surface area contributed by atoms with Gasteiger partial charge in [-0.2, -0.15) is 0 Å². The van der Waals surface area contributed by atoms with Gasteiger partial charge in [0.15, 0.2) is 9.84 Å². The number of rotatable bonds is 7. The van der Waals surface area contributed by atoms with Crippen LogP contribution in [-0.4, -0.2) is 36.2 Å². The standard InChI is InChI=1S/C18H19N5O3S/c1-3-27(24,25)13-7-8-15(26-2)14(10-13)22-17-11-18(21-12-20-17)23-16-6-4-5-9-19-16/h4-12H,3H2,1-2H3,(H2,19,20,21,22,23). The highest BCUT2D eigenvalue weighted by atomic mass is 32.2. The van der Waals surface area contributed by atoms with Gasteiger partial charge in [-0.25, -0.2) is 23.4 Å². The number of hydrogen-bond donors (Lipinski definition) is 2. The van der Waals surface area contributed by atoms with Crippen LogP contribution in [0.1, 0.15) is 6.92 Å². The van der Waals surface area contributed by atoms with E-state index in [-0.39, 0.29) is 10.6 Å². The number of aromatic nitrogens is 3. The quantitative estimate of drug-likeness (QED) is 0.639. The maximum absolute atomic E-state index is 12.2. The maximum atomic E-state index is 12.2. The molecule has 0 amide bonds. The summed E-state index contributed by atoms with van der Waals surface area (Å²) >= 11 is 0. The number of ether oxygens (including phenoxy) is 1. The molecule has 0 fully saturated rings. The minimum absolute atomic E-state index is 0.0183. The fourth-order valence-corrected chi connectivity index (χ4v) is 3.25. The lowest BCUT2D eigenvalue weighted by Gasteiger charge is -2.13. The van der Waals surface area contributed by atoms with E-state index in [0.717, 1.165) is 0 Å². The number of nitrogens with one attached hydrogen (secondary N) is 2. The summed E-state index contributed by atoms with van der Waals surface area (Å²) < 4.78 is 29.6. The molecular formula is C18H19N5O3S. The Hall–Kier alpha value is -3.20. The Bertz CT molecular complexity index is 1030. The number of anilines is 4. The van der Waals surface area contributed by atoms with Gasteiger partial charge in [-0.05, 0) is 30.3 Å². The highest BCUT2D eigenvalue weighted by Gasteiger charge is 2.15. The third-order valence-electron chi connectivity index (χ3n) is 3.76. The molecule has 8 nitrogen and oxygen atoms in total. The van der Waals surface area contributed by atoms with Crippen LogP contribution in [0.25, 0.3) is 0 Å². The SMILES string of the molecule is CCS(=O)(=O)c1ccc(OC)c(Nc2cc(Nc3ccccn3)ncn2)c1. The summed E-state index contributed by atoms with van der Waals surface area (Å²) in [6.07, 6.45) is 3.07. The lowest BCUT2D eigenvalue weighted by atomic mass is 10.3. The summed E-state index contributed by atoms with van der Waals surface area (Å²) in [5.74, 6) is 2.19. The van der Waals surface area contributed by atoms with Gasteiger partial charge < -0.3 is 15.4 Å². The summed E-state index contributed by atoms with van der Waals surface area (Å²) in [6, 6.07) is 11.9. The summed E-state index contributed by atoms with van der Waals surface area (Å²) in [4.78, 5) is 12.7. The molecule has 2 aromatic heterocycles. The van der Waals surface area contributed by atoms with Gasteiger partial charge in [0.1, 0.15) is 29.5 Å². The molecule has 3 rings (SSSR count). The number of nitrogens with zero attached hydrogens (tertiary/aromatic N) is 3. The van der Waals surface area contributed by atoms with Crippen molar-refractivity contribution in [3.63, 3.8) is 0 Å². The highest BCUT2D eigenvalue weighted by Crippen LogP contribution is 2.30. The molecule has 140 valence electrons. The van der Waals surface area contributed by atoms with Crippen LogP contribution in [0.4, 0.5) is 23.1 Å². The average Bonchev–Trinajstić information content (AvgIpc) is 2.69. The van der Waals surface area contributed by atoms with E-state index in [0.29, 0.717) is 28.9 Å². The van der Waals surface area contributed by atoms with E-state index in [1.54, 1.807) is 25.3 Å². The Balaban J connectivity index is 1.88. The van der Waals surface area contributed by atoms with E-state index in [9.17, 15) is 8.42 Å². The molecule has 0 bridgehead atoms. The zero-order chi connectivity index (χ0) is 19.3.